The maximum Gasteiger partial charge on any atom is 0.307 e. The van der Waals surface area contributed by atoms with Gasteiger partial charge in [-0.3, -0.25) is 14.4 Å². The van der Waals surface area contributed by atoms with Crippen LogP contribution in [0.5, 0.6) is 5.75 Å². The maximum absolute atomic E-state index is 14.1. The monoisotopic (exact) mass is 565 g/mol. The highest BCUT2D eigenvalue weighted by molar-refractivity contribution is 6.31. The smallest absolute Gasteiger partial charge is 0.307 e. The van der Waals surface area contributed by atoms with E-state index in [9.17, 15) is 19.5 Å². The van der Waals surface area contributed by atoms with Crippen molar-refractivity contribution in [1.82, 2.24) is 24.3 Å². The van der Waals surface area contributed by atoms with E-state index in [1.54, 1.807) is 28.3 Å². The number of carbonyl (C=O) groups excluding carboxylic acids is 2. The molecular formula is C29H32ClN5O5. The van der Waals surface area contributed by atoms with Crippen molar-refractivity contribution in [2.24, 2.45) is 18.9 Å². The van der Waals surface area contributed by atoms with Gasteiger partial charge in [0.15, 0.2) is 5.65 Å². The molecule has 1 N–H and O–H groups in total. The van der Waals surface area contributed by atoms with Crippen LogP contribution >= 0.6 is 11.6 Å². The molecule has 3 aliphatic rings. The molecule has 2 aliphatic heterocycles. The Morgan fingerprint density at radius 3 is 2.62 bits per heavy atom. The average Bonchev–Trinajstić information content (AvgIpc) is 3.56. The summed E-state index contributed by atoms with van der Waals surface area (Å²) in [7, 11) is 1.88. The van der Waals surface area contributed by atoms with Gasteiger partial charge in [0.25, 0.3) is 0 Å². The molecule has 2 amide bonds. The van der Waals surface area contributed by atoms with Gasteiger partial charge in [0.2, 0.25) is 11.8 Å². The molecule has 1 saturated heterocycles. The number of carboxylic acids is 1. The number of imidazole rings is 1. The fraction of sp³-hybridized carbons (Fsp3) is 0.483. The minimum absolute atomic E-state index is 0.0386. The summed E-state index contributed by atoms with van der Waals surface area (Å²) in [6.45, 7) is 1.03. The van der Waals surface area contributed by atoms with Crippen LogP contribution in [0.4, 0.5) is 0 Å². The van der Waals surface area contributed by atoms with E-state index in [2.05, 4.69) is 9.97 Å². The fourth-order valence-corrected chi connectivity index (χ4v) is 6.74. The number of aryl methyl sites for hydroxylation is 1. The lowest BCUT2D eigenvalue weighted by atomic mass is 9.78. The third-order valence-electron chi connectivity index (χ3n) is 8.50. The Morgan fingerprint density at radius 2 is 1.88 bits per heavy atom. The highest BCUT2D eigenvalue weighted by Gasteiger charge is 2.46. The predicted octanol–water partition coefficient (Wildman–Crippen LogP) is 4.10. The molecule has 1 saturated carbocycles. The quantitative estimate of drug-likeness (QED) is 0.478. The number of hydrogen-bond donors (Lipinski definition) is 1. The van der Waals surface area contributed by atoms with E-state index in [4.69, 9.17) is 16.3 Å². The lowest BCUT2D eigenvalue weighted by Crippen LogP contribution is -2.52. The molecule has 1 aliphatic carbocycles. The molecule has 3 aromatic rings. The third-order valence-corrected chi connectivity index (χ3v) is 8.85. The number of rotatable bonds is 6. The second-order valence-electron chi connectivity index (χ2n) is 10.9. The van der Waals surface area contributed by atoms with E-state index >= 15 is 0 Å². The SMILES string of the molecule is Cn1cnc2ccc(COc3ccc(Cl)c4c3C(N3CCCC3=O)N(C(=O)C3CCCCC3C(=O)O)CC4)nc21. The molecule has 0 bridgehead atoms. The summed E-state index contributed by atoms with van der Waals surface area (Å²) < 4.78 is 8.19. The molecule has 0 radical (unpaired) electrons. The Bertz CT molecular complexity index is 1490. The first kappa shape index (κ1) is 26.6. The average molecular weight is 566 g/mol. The van der Waals surface area contributed by atoms with Crippen molar-refractivity contribution in [3.8, 4) is 5.75 Å². The first-order valence-electron chi connectivity index (χ1n) is 13.9. The number of carboxylic acid groups (broad SMARTS) is 1. The Balaban J connectivity index is 1.37. The summed E-state index contributed by atoms with van der Waals surface area (Å²) in [6.07, 6.45) is 5.21. The summed E-state index contributed by atoms with van der Waals surface area (Å²) >= 11 is 6.69. The van der Waals surface area contributed by atoms with Crippen LogP contribution in [0.2, 0.25) is 5.02 Å². The molecule has 2 aromatic heterocycles. The summed E-state index contributed by atoms with van der Waals surface area (Å²) in [4.78, 5) is 51.7. The van der Waals surface area contributed by atoms with Gasteiger partial charge in [0, 0.05) is 37.1 Å². The van der Waals surface area contributed by atoms with Crippen molar-refractivity contribution in [2.75, 3.05) is 13.1 Å². The number of amides is 2. The molecule has 11 heteroatoms. The van der Waals surface area contributed by atoms with Gasteiger partial charge in [-0.1, -0.05) is 24.4 Å². The van der Waals surface area contributed by atoms with E-state index in [0.29, 0.717) is 67.2 Å². The highest BCUT2D eigenvalue weighted by atomic mass is 35.5. The number of likely N-dealkylation sites (tertiary alicyclic amines) is 1. The number of benzene rings is 1. The Kier molecular flexibility index (Phi) is 7.12. The lowest BCUT2D eigenvalue weighted by Gasteiger charge is -2.45. The predicted molar refractivity (Wildman–Crippen MR) is 146 cm³/mol. The van der Waals surface area contributed by atoms with E-state index in [-0.39, 0.29) is 18.4 Å². The molecule has 10 nitrogen and oxygen atoms in total. The van der Waals surface area contributed by atoms with Gasteiger partial charge in [0.05, 0.1) is 23.9 Å². The summed E-state index contributed by atoms with van der Waals surface area (Å²) in [5.74, 6) is -1.99. The molecule has 2 fully saturated rings. The van der Waals surface area contributed by atoms with E-state index in [1.165, 1.54) is 0 Å². The molecule has 1 aromatic carbocycles. The number of nitrogens with zero attached hydrogens (tertiary/aromatic N) is 5. The van der Waals surface area contributed by atoms with Crippen molar-refractivity contribution in [3.63, 3.8) is 0 Å². The molecular weight excluding hydrogens is 534 g/mol. The maximum atomic E-state index is 14.1. The minimum Gasteiger partial charge on any atom is -0.487 e. The second-order valence-corrected chi connectivity index (χ2v) is 11.3. The van der Waals surface area contributed by atoms with Crippen molar-refractivity contribution in [3.05, 3.63) is 52.4 Å². The second kappa shape index (κ2) is 10.7. The van der Waals surface area contributed by atoms with Gasteiger partial charge in [0.1, 0.15) is 24.0 Å². The fourth-order valence-electron chi connectivity index (χ4n) is 6.48. The highest BCUT2D eigenvalue weighted by Crippen LogP contribution is 2.45. The topological polar surface area (TPSA) is 118 Å². The van der Waals surface area contributed by atoms with Crippen molar-refractivity contribution >= 4 is 40.5 Å². The molecule has 3 unspecified atom stereocenters. The summed E-state index contributed by atoms with van der Waals surface area (Å²) in [5.41, 5.74) is 3.80. The first-order chi connectivity index (χ1) is 19.3. The van der Waals surface area contributed by atoms with Crippen LogP contribution in [-0.2, 0) is 34.5 Å². The van der Waals surface area contributed by atoms with Crippen LogP contribution in [0, 0.1) is 11.8 Å². The number of halogens is 1. The van der Waals surface area contributed by atoms with Gasteiger partial charge >= 0.3 is 5.97 Å². The first-order valence-corrected chi connectivity index (χ1v) is 14.2. The van der Waals surface area contributed by atoms with Crippen LogP contribution in [0.25, 0.3) is 11.2 Å². The van der Waals surface area contributed by atoms with Crippen molar-refractivity contribution in [2.45, 2.75) is 57.7 Å². The molecule has 40 heavy (non-hydrogen) atoms. The molecule has 210 valence electrons. The van der Waals surface area contributed by atoms with Crippen LogP contribution in [0.15, 0.2) is 30.6 Å². The zero-order valence-corrected chi connectivity index (χ0v) is 23.1. The van der Waals surface area contributed by atoms with Crippen LogP contribution < -0.4 is 4.74 Å². The largest absolute Gasteiger partial charge is 0.487 e. The minimum atomic E-state index is -0.936. The van der Waals surface area contributed by atoms with Crippen molar-refractivity contribution < 1.29 is 24.2 Å². The number of hydrogen-bond acceptors (Lipinski definition) is 6. The summed E-state index contributed by atoms with van der Waals surface area (Å²) in [5, 5.41) is 10.4. The molecule has 4 heterocycles. The lowest BCUT2D eigenvalue weighted by molar-refractivity contribution is -0.157. The number of ether oxygens (including phenoxy) is 1. The summed E-state index contributed by atoms with van der Waals surface area (Å²) in [6, 6.07) is 7.33. The molecule has 3 atom stereocenters. The van der Waals surface area contributed by atoms with Gasteiger partial charge in [-0.05, 0) is 55.5 Å². The van der Waals surface area contributed by atoms with Gasteiger partial charge in [-0.15, -0.1) is 0 Å². The molecule has 0 spiro atoms. The standard InChI is InChI=1S/C29H32ClN5O5/c1-33-16-31-22-10-8-17(32-26(22)33)15-40-23-11-9-21(30)20-12-14-35(27(25(20)23)34-13-4-7-24(34)36)28(37)18-5-2-3-6-19(18)29(38)39/h8-11,16,18-19,27H,2-7,12-15H2,1H3,(H,38,39). The Hall–Kier alpha value is -3.66. The van der Waals surface area contributed by atoms with Crippen LogP contribution in [0.1, 0.15) is 61.5 Å². The number of carbonyl (C=O) groups is 3. The van der Waals surface area contributed by atoms with E-state index < -0.39 is 24.0 Å². The normalized spacial score (nSPS) is 22.9. The van der Waals surface area contributed by atoms with Gasteiger partial charge < -0.3 is 24.2 Å². The number of fused-ring (bicyclic) bond motifs is 2. The zero-order valence-electron chi connectivity index (χ0n) is 22.4. The van der Waals surface area contributed by atoms with Gasteiger partial charge in [-0.2, -0.15) is 0 Å². The Morgan fingerprint density at radius 1 is 1.07 bits per heavy atom. The van der Waals surface area contributed by atoms with E-state index in [0.717, 1.165) is 29.6 Å². The zero-order chi connectivity index (χ0) is 28.0. The number of pyridine rings is 1. The number of aromatic nitrogens is 3. The van der Waals surface area contributed by atoms with E-state index in [1.807, 2.05) is 23.7 Å². The van der Waals surface area contributed by atoms with Crippen molar-refractivity contribution in [1.29, 1.82) is 0 Å². The number of aliphatic carboxylic acids is 1. The molecule has 6 rings (SSSR count). The third kappa shape index (κ3) is 4.68. The van der Waals surface area contributed by atoms with Crippen LogP contribution in [0.3, 0.4) is 0 Å². The van der Waals surface area contributed by atoms with Crippen LogP contribution in [-0.4, -0.2) is 60.3 Å². The Labute approximate surface area is 236 Å². The van der Waals surface area contributed by atoms with Gasteiger partial charge in [-0.25, -0.2) is 9.97 Å².